The van der Waals surface area contributed by atoms with Crippen molar-refractivity contribution in [2.75, 3.05) is 20.7 Å². The maximum absolute atomic E-state index is 15.8. The van der Waals surface area contributed by atoms with Gasteiger partial charge in [0.15, 0.2) is 41.9 Å². The van der Waals surface area contributed by atoms with Crippen LogP contribution in [0.15, 0.2) is 53.1 Å². The molecular weight excluding hydrogens is 837 g/mol. The fraction of sp³-hybridized carbons (Fsp3) is 0.630. The summed E-state index contributed by atoms with van der Waals surface area (Å²) in [7, 11) is 2.77. The molecule has 18 nitrogen and oxygen atoms in total. The van der Waals surface area contributed by atoms with Gasteiger partial charge in [0.1, 0.15) is 6.10 Å². The van der Waals surface area contributed by atoms with E-state index in [1.54, 1.807) is 45.9 Å². The van der Waals surface area contributed by atoms with Crippen molar-refractivity contribution in [2.45, 2.75) is 147 Å². The lowest BCUT2D eigenvalue weighted by Crippen LogP contribution is -2.83. The van der Waals surface area contributed by atoms with Crippen molar-refractivity contribution in [1.82, 2.24) is 10.2 Å². The summed E-state index contributed by atoms with van der Waals surface area (Å²) in [4.78, 5) is 99.6. The van der Waals surface area contributed by atoms with Gasteiger partial charge in [0.2, 0.25) is 11.5 Å². The van der Waals surface area contributed by atoms with Crippen molar-refractivity contribution in [2.24, 2.45) is 16.7 Å². The number of nitrogens with one attached hydrogen (secondary N) is 1. The van der Waals surface area contributed by atoms with Crippen molar-refractivity contribution in [1.29, 1.82) is 0 Å². The monoisotopic (exact) mass is 896 g/mol. The van der Waals surface area contributed by atoms with E-state index in [2.05, 4.69) is 5.32 Å². The molecule has 6 rings (SSSR count). The second kappa shape index (κ2) is 17.9. The molecular formula is C46H60N2O16. The third-order valence-electron chi connectivity index (χ3n) is 13.6. The Labute approximate surface area is 371 Å². The fourth-order valence-corrected chi connectivity index (χ4v) is 10.5. The molecule has 2 heterocycles. The molecule has 18 heteroatoms. The Morgan fingerprint density at radius 1 is 1.00 bits per heavy atom. The number of allylic oxidation sites excluding steroid dienone is 1. The zero-order valence-corrected chi connectivity index (χ0v) is 38.0. The van der Waals surface area contributed by atoms with Gasteiger partial charge in [-0.3, -0.25) is 14.4 Å². The van der Waals surface area contributed by atoms with Gasteiger partial charge in [0, 0.05) is 39.3 Å². The van der Waals surface area contributed by atoms with Crippen molar-refractivity contribution < 1.29 is 76.9 Å². The number of aliphatic hydroxyl groups is 2. The highest BCUT2D eigenvalue weighted by atomic mass is 16.8. The zero-order valence-electron chi connectivity index (χ0n) is 38.0. The van der Waals surface area contributed by atoms with Crippen LogP contribution in [0.4, 0.5) is 9.59 Å². The van der Waals surface area contributed by atoms with Gasteiger partial charge in [-0.1, -0.05) is 63.5 Å². The summed E-state index contributed by atoms with van der Waals surface area (Å²) in [5.74, 6) is -6.06. The topological polar surface area (TPSA) is 240 Å². The summed E-state index contributed by atoms with van der Waals surface area (Å²) in [6.07, 6.45) is -10.8. The minimum Gasteiger partial charge on any atom is -0.454 e. The number of rotatable bonds is 13. The Hall–Kier alpha value is -5.33. The van der Waals surface area contributed by atoms with E-state index in [1.165, 1.54) is 46.2 Å². The van der Waals surface area contributed by atoms with E-state index in [0.717, 1.165) is 24.7 Å². The number of Topliss-reactive ketones (excluding diaryl/α,β-unsaturated/α-hetero) is 1. The quantitative estimate of drug-likeness (QED) is 0.110. The summed E-state index contributed by atoms with van der Waals surface area (Å²) >= 11 is 0. The molecule has 0 radical (unpaired) electrons. The van der Waals surface area contributed by atoms with Gasteiger partial charge in [-0.25, -0.2) is 19.2 Å². The van der Waals surface area contributed by atoms with Gasteiger partial charge < -0.3 is 53.6 Å². The first-order chi connectivity index (χ1) is 30.0. The summed E-state index contributed by atoms with van der Waals surface area (Å²) in [5, 5.41) is 26.6. The number of esters is 3. The van der Waals surface area contributed by atoms with Crippen LogP contribution in [0.3, 0.4) is 0 Å². The first kappa shape index (κ1) is 48.1. The minimum absolute atomic E-state index is 0.0293. The normalized spacial score (nSPS) is 33.0. The number of ether oxygens (including phenoxy) is 7. The molecule has 2 amide bonds. The zero-order chi connectivity index (χ0) is 47.3. The molecule has 12 atom stereocenters. The highest BCUT2D eigenvalue weighted by Crippen LogP contribution is 2.67. The molecule has 2 saturated carbocycles. The predicted octanol–water partition coefficient (Wildman–Crippen LogP) is 3.88. The van der Waals surface area contributed by atoms with Crippen LogP contribution in [0, 0.1) is 16.7 Å². The molecule has 350 valence electrons. The van der Waals surface area contributed by atoms with Crippen molar-refractivity contribution in [3.63, 3.8) is 0 Å². The number of unbranched alkanes of at least 4 members (excludes halogenated alkanes) is 2. The predicted molar refractivity (Wildman–Crippen MR) is 223 cm³/mol. The molecule has 2 unspecified atom stereocenters. The molecule has 4 fully saturated rings. The van der Waals surface area contributed by atoms with Crippen LogP contribution < -0.4 is 5.32 Å². The van der Waals surface area contributed by atoms with E-state index in [4.69, 9.17) is 33.2 Å². The SMILES string of the molecule is CCCCCC(=O)N[C@@H](C=C(C)C)[C@@H](O)C(=O)O[C@@H]1C(C)=C2[C@@H](OC(=O)N(C)C)C(=O)[C@@]3(C)C(C(OC(=O)c4ccccc4)[C@@]4(OC(=O)O[C@@H]14)C2(C)C)[C@]1(OC(C)=O)CO[C@@H]1C[C@@H]3O. The van der Waals surface area contributed by atoms with E-state index in [1.807, 2.05) is 6.92 Å². The van der Waals surface area contributed by atoms with Crippen LogP contribution in [0.1, 0.15) is 97.9 Å². The maximum atomic E-state index is 15.8. The number of nitrogens with zero attached hydrogens (tertiary/aromatic N) is 1. The largest absolute Gasteiger partial charge is 0.509 e. The Morgan fingerprint density at radius 2 is 1.67 bits per heavy atom. The molecule has 2 aliphatic heterocycles. The highest BCUT2D eigenvalue weighted by Gasteiger charge is 2.83. The molecule has 2 saturated heterocycles. The number of aliphatic hydroxyl groups excluding tert-OH is 2. The van der Waals surface area contributed by atoms with Gasteiger partial charge in [0.05, 0.1) is 35.6 Å². The number of hydrogen-bond acceptors (Lipinski definition) is 16. The third kappa shape index (κ3) is 7.95. The molecule has 0 aromatic heterocycles. The lowest BCUT2D eigenvalue weighted by molar-refractivity contribution is -0.345. The number of amides is 2. The highest BCUT2D eigenvalue weighted by molar-refractivity contribution is 5.96. The second-order valence-corrected chi connectivity index (χ2v) is 18.6. The van der Waals surface area contributed by atoms with Crippen molar-refractivity contribution in [3.8, 4) is 0 Å². The lowest BCUT2D eigenvalue weighted by atomic mass is 9.44. The van der Waals surface area contributed by atoms with Crippen molar-refractivity contribution >= 4 is 41.8 Å². The summed E-state index contributed by atoms with van der Waals surface area (Å²) in [6, 6.07) is 6.48. The average molecular weight is 897 g/mol. The smallest absolute Gasteiger partial charge is 0.454 e. The number of carbonyl (C=O) groups excluding carboxylic acids is 7. The molecule has 64 heavy (non-hydrogen) atoms. The van der Waals surface area contributed by atoms with Crippen LogP contribution in [0.25, 0.3) is 0 Å². The number of benzene rings is 1. The van der Waals surface area contributed by atoms with Gasteiger partial charge >= 0.3 is 30.2 Å². The van der Waals surface area contributed by atoms with Gasteiger partial charge in [-0.05, 0) is 57.4 Å². The van der Waals surface area contributed by atoms with E-state index in [9.17, 15) is 39.0 Å². The number of hydrogen-bond donors (Lipinski definition) is 3. The third-order valence-corrected chi connectivity index (χ3v) is 13.6. The van der Waals surface area contributed by atoms with Crippen LogP contribution >= 0.6 is 0 Å². The number of carbonyl (C=O) groups is 7. The van der Waals surface area contributed by atoms with Crippen LogP contribution in [-0.2, 0) is 52.3 Å². The first-order valence-corrected chi connectivity index (χ1v) is 21.6. The van der Waals surface area contributed by atoms with E-state index in [0.29, 0.717) is 12.0 Å². The summed E-state index contributed by atoms with van der Waals surface area (Å²) < 4.78 is 43.2. The van der Waals surface area contributed by atoms with Crippen LogP contribution in [0.5, 0.6) is 0 Å². The fourth-order valence-electron chi connectivity index (χ4n) is 10.5. The average Bonchev–Trinajstić information content (AvgIpc) is 3.59. The number of fused-ring (bicyclic) bond motifs is 4. The Bertz CT molecular complexity index is 2110. The Morgan fingerprint density at radius 3 is 2.25 bits per heavy atom. The molecule has 5 aliphatic rings. The molecule has 1 aromatic carbocycles. The summed E-state index contributed by atoms with van der Waals surface area (Å²) in [6.45, 7) is 12.1. The molecule has 1 spiro atoms. The summed E-state index contributed by atoms with van der Waals surface area (Å²) in [5.41, 5.74) is -7.48. The van der Waals surface area contributed by atoms with Crippen LogP contribution in [-0.4, -0.2) is 138 Å². The van der Waals surface area contributed by atoms with Gasteiger partial charge in [-0.2, -0.15) is 0 Å². The van der Waals surface area contributed by atoms with Gasteiger partial charge in [-0.15, -0.1) is 0 Å². The van der Waals surface area contributed by atoms with Crippen LogP contribution in [0.2, 0.25) is 0 Å². The van der Waals surface area contributed by atoms with Crippen molar-refractivity contribution in [3.05, 3.63) is 58.7 Å². The molecule has 3 aliphatic carbocycles. The molecule has 1 aromatic rings. The van der Waals surface area contributed by atoms with E-state index < -0.39 is 119 Å². The number of ketones is 1. The van der Waals surface area contributed by atoms with E-state index >= 15 is 4.79 Å². The molecule has 2 bridgehead atoms. The second-order valence-electron chi connectivity index (χ2n) is 18.6. The standard InChI is InChI=1S/C46H60N2O16/c1-11-12-14-19-30(51)47-27(20-23(2)3)32(52)40(55)59-33-24(4)31-34(60-41(56)48(9)10)36(53)44(8)28(50)21-29-45(22-58-29,63-25(5)49)35(44)38(61-39(54)26-17-15-13-16-18-26)46(43(31,6)7)37(33)62-42(57)64-46/h13,15-18,20,27-29,32-35,37-38,50,52H,11-12,14,19,21-22H2,1-10H3,(H,47,51)/t27-,28-,29+,32+,33+,34+,35?,37-,38?,44+,45-,46+/m0/s1. The van der Waals surface area contributed by atoms with Gasteiger partial charge in [0.25, 0.3) is 0 Å². The minimum atomic E-state index is -2.37. The van der Waals surface area contributed by atoms with E-state index in [-0.39, 0.29) is 36.2 Å². The Balaban J connectivity index is 1.62. The molecule has 3 N–H and O–H groups in total. The maximum Gasteiger partial charge on any atom is 0.509 e. The lowest BCUT2D eigenvalue weighted by Gasteiger charge is -2.67. The Kier molecular flexibility index (Phi) is 13.5. The first-order valence-electron chi connectivity index (χ1n) is 21.6.